The number of rotatable bonds is 13. The fraction of sp³-hybridized carbons (Fsp3) is 0.462. The van der Waals surface area contributed by atoms with E-state index < -0.39 is 28.5 Å². The number of nitrogens with zero attached hydrogens (tertiary/aromatic N) is 2. The zero-order valence-corrected chi connectivity index (χ0v) is 23.3. The summed E-state index contributed by atoms with van der Waals surface area (Å²) in [4.78, 5) is 27.9. The van der Waals surface area contributed by atoms with Crippen molar-refractivity contribution in [3.63, 3.8) is 0 Å². The van der Waals surface area contributed by atoms with Crippen LogP contribution in [-0.4, -0.2) is 71.8 Å². The van der Waals surface area contributed by atoms with E-state index in [-0.39, 0.29) is 24.1 Å². The van der Waals surface area contributed by atoms with Gasteiger partial charge in [-0.2, -0.15) is 0 Å². The van der Waals surface area contributed by atoms with Crippen molar-refractivity contribution in [1.82, 2.24) is 10.2 Å². The number of nitrogens with one attached hydrogen (secondary N) is 1. The Labute approximate surface area is 219 Å². The summed E-state index contributed by atoms with van der Waals surface area (Å²) in [5.74, 6) is 0.754. The number of carbonyl (C=O) groups is 2. The highest BCUT2D eigenvalue weighted by Crippen LogP contribution is 2.32. The Bertz CT molecular complexity index is 1170. The van der Waals surface area contributed by atoms with Gasteiger partial charge in [-0.25, -0.2) is 8.42 Å². The van der Waals surface area contributed by atoms with Crippen LogP contribution in [0.3, 0.4) is 0 Å². The summed E-state index contributed by atoms with van der Waals surface area (Å²) < 4.78 is 42.2. The summed E-state index contributed by atoms with van der Waals surface area (Å²) in [5, 5.41) is 2.85. The van der Waals surface area contributed by atoms with Gasteiger partial charge in [-0.1, -0.05) is 26.0 Å². The van der Waals surface area contributed by atoms with E-state index in [2.05, 4.69) is 5.32 Å². The highest BCUT2D eigenvalue weighted by atomic mass is 32.2. The molecule has 2 aromatic carbocycles. The van der Waals surface area contributed by atoms with Crippen molar-refractivity contribution in [3.05, 3.63) is 48.0 Å². The van der Waals surface area contributed by atoms with Gasteiger partial charge >= 0.3 is 0 Å². The molecule has 0 saturated carbocycles. The summed E-state index contributed by atoms with van der Waals surface area (Å²) in [6.07, 6.45) is 1.02. The molecule has 0 radical (unpaired) electrons. The van der Waals surface area contributed by atoms with E-state index in [1.807, 2.05) is 13.8 Å². The third-order valence-corrected chi connectivity index (χ3v) is 6.84. The third kappa shape index (κ3) is 8.28. The average molecular weight is 536 g/mol. The number of benzene rings is 2. The van der Waals surface area contributed by atoms with Gasteiger partial charge in [-0.3, -0.25) is 13.9 Å². The lowest BCUT2D eigenvalue weighted by molar-refractivity contribution is -0.139. The van der Waals surface area contributed by atoms with E-state index in [1.165, 1.54) is 31.3 Å². The molecule has 2 aromatic rings. The fourth-order valence-corrected chi connectivity index (χ4v) is 4.40. The zero-order valence-electron chi connectivity index (χ0n) is 22.5. The molecule has 2 amide bonds. The highest BCUT2D eigenvalue weighted by molar-refractivity contribution is 7.92. The smallest absolute Gasteiger partial charge is 0.244 e. The Morgan fingerprint density at radius 2 is 1.54 bits per heavy atom. The van der Waals surface area contributed by atoms with Crippen molar-refractivity contribution in [2.24, 2.45) is 5.92 Å². The summed E-state index contributed by atoms with van der Waals surface area (Å²) in [5.41, 5.74) is 0.990. The van der Waals surface area contributed by atoms with Crippen LogP contribution >= 0.6 is 0 Å². The van der Waals surface area contributed by atoms with Gasteiger partial charge in [-0.15, -0.1) is 0 Å². The highest BCUT2D eigenvalue weighted by Gasteiger charge is 2.30. The van der Waals surface area contributed by atoms with Gasteiger partial charge in [0.2, 0.25) is 21.8 Å². The van der Waals surface area contributed by atoms with Gasteiger partial charge in [0, 0.05) is 19.2 Å². The second-order valence-electron chi connectivity index (χ2n) is 8.99. The first-order chi connectivity index (χ1) is 17.4. The molecule has 2 rings (SSSR count). The topological polar surface area (TPSA) is 114 Å². The first kappa shape index (κ1) is 29.8. The molecular formula is C26H37N3O7S. The van der Waals surface area contributed by atoms with Gasteiger partial charge < -0.3 is 24.4 Å². The number of carbonyl (C=O) groups excluding carboxylic acids is 2. The normalized spacial score (nSPS) is 12.0. The molecule has 0 heterocycles. The molecule has 0 fully saturated rings. The second kappa shape index (κ2) is 13.2. The van der Waals surface area contributed by atoms with E-state index in [0.717, 1.165) is 16.1 Å². The van der Waals surface area contributed by atoms with Gasteiger partial charge in [0.15, 0.2) is 11.5 Å². The predicted molar refractivity (Wildman–Crippen MR) is 143 cm³/mol. The summed E-state index contributed by atoms with van der Waals surface area (Å²) in [6.45, 7) is 5.61. The number of sulfonamides is 1. The first-order valence-corrected chi connectivity index (χ1v) is 13.7. The number of hydrogen-bond acceptors (Lipinski definition) is 7. The van der Waals surface area contributed by atoms with Crippen molar-refractivity contribution < 1.29 is 32.2 Å². The van der Waals surface area contributed by atoms with Crippen LogP contribution in [0.5, 0.6) is 17.2 Å². The summed E-state index contributed by atoms with van der Waals surface area (Å²) >= 11 is 0. The Morgan fingerprint density at radius 1 is 0.919 bits per heavy atom. The van der Waals surface area contributed by atoms with Crippen molar-refractivity contribution in [3.8, 4) is 17.2 Å². The minimum atomic E-state index is -3.87. The van der Waals surface area contributed by atoms with Crippen LogP contribution in [-0.2, 0) is 26.2 Å². The van der Waals surface area contributed by atoms with Crippen LogP contribution in [0.25, 0.3) is 0 Å². The Morgan fingerprint density at radius 3 is 2.05 bits per heavy atom. The first-order valence-electron chi connectivity index (χ1n) is 11.8. The van der Waals surface area contributed by atoms with Gasteiger partial charge in [0.05, 0.1) is 33.3 Å². The van der Waals surface area contributed by atoms with E-state index >= 15 is 0 Å². The molecule has 11 heteroatoms. The summed E-state index contributed by atoms with van der Waals surface area (Å²) in [6, 6.07) is 10.8. The lowest BCUT2D eigenvalue weighted by atomic mass is 10.1. The van der Waals surface area contributed by atoms with Crippen LogP contribution in [0, 0.1) is 5.92 Å². The number of hydrogen-bond donors (Lipinski definition) is 1. The third-order valence-electron chi connectivity index (χ3n) is 5.70. The van der Waals surface area contributed by atoms with Crippen LogP contribution in [0.15, 0.2) is 42.5 Å². The van der Waals surface area contributed by atoms with E-state index in [4.69, 9.17) is 14.2 Å². The molecule has 0 saturated heterocycles. The predicted octanol–water partition coefficient (Wildman–Crippen LogP) is 2.67. The maximum atomic E-state index is 13.6. The molecule has 10 nitrogen and oxygen atoms in total. The molecule has 1 N–H and O–H groups in total. The number of amides is 2. The molecule has 1 unspecified atom stereocenters. The van der Waals surface area contributed by atoms with E-state index in [1.54, 1.807) is 44.4 Å². The minimum absolute atomic E-state index is 0.0998. The van der Waals surface area contributed by atoms with Gasteiger partial charge in [0.25, 0.3) is 0 Å². The van der Waals surface area contributed by atoms with Gasteiger partial charge in [0.1, 0.15) is 18.3 Å². The van der Waals surface area contributed by atoms with Crippen molar-refractivity contribution in [2.45, 2.75) is 33.4 Å². The molecule has 1 atom stereocenters. The molecule has 0 aliphatic heterocycles. The molecular weight excluding hydrogens is 498 g/mol. The van der Waals surface area contributed by atoms with Crippen LogP contribution < -0.4 is 23.8 Å². The molecule has 0 bridgehead atoms. The molecule has 0 aromatic heterocycles. The average Bonchev–Trinajstić information content (AvgIpc) is 2.87. The molecule has 0 aliphatic carbocycles. The van der Waals surface area contributed by atoms with Crippen molar-refractivity contribution in [2.75, 3.05) is 45.0 Å². The largest absolute Gasteiger partial charge is 0.497 e. The minimum Gasteiger partial charge on any atom is -0.497 e. The van der Waals surface area contributed by atoms with Crippen molar-refractivity contribution in [1.29, 1.82) is 0 Å². The molecule has 37 heavy (non-hydrogen) atoms. The zero-order chi connectivity index (χ0) is 27.8. The maximum Gasteiger partial charge on any atom is 0.244 e. The Balaban J connectivity index is 2.41. The van der Waals surface area contributed by atoms with E-state index in [0.29, 0.717) is 23.8 Å². The monoisotopic (exact) mass is 535 g/mol. The molecule has 0 spiro atoms. The Hall–Kier alpha value is -3.47. The van der Waals surface area contributed by atoms with Gasteiger partial charge in [-0.05, 0) is 42.7 Å². The molecule has 0 aliphatic rings. The SMILES string of the molecule is COc1ccc(CN(C(=O)CN(c2ccc(OC)c(OC)c2)S(C)(=O)=O)C(C)C(=O)NCC(C)C)cc1. The van der Waals surface area contributed by atoms with Crippen LogP contribution in [0.2, 0.25) is 0 Å². The van der Waals surface area contributed by atoms with Crippen molar-refractivity contribution >= 4 is 27.5 Å². The standard InChI is InChI=1S/C26H37N3O7S/c1-18(2)15-27-26(31)19(3)28(16-20-8-11-22(34-4)12-9-20)25(30)17-29(37(7,32)33)21-10-13-23(35-5)24(14-21)36-6/h8-14,18-19H,15-17H2,1-7H3,(H,27,31). The lowest BCUT2D eigenvalue weighted by Gasteiger charge is -2.31. The number of methoxy groups -OCH3 is 3. The maximum absolute atomic E-state index is 13.6. The number of anilines is 1. The van der Waals surface area contributed by atoms with Crippen LogP contribution in [0.4, 0.5) is 5.69 Å². The fourth-order valence-electron chi connectivity index (χ4n) is 3.56. The second-order valence-corrected chi connectivity index (χ2v) is 10.9. The summed E-state index contributed by atoms with van der Waals surface area (Å²) in [7, 11) is 0.594. The quantitative estimate of drug-likeness (QED) is 0.419. The number of ether oxygens (including phenoxy) is 3. The molecule has 204 valence electrons. The van der Waals surface area contributed by atoms with Crippen LogP contribution in [0.1, 0.15) is 26.3 Å². The lowest BCUT2D eigenvalue weighted by Crippen LogP contribution is -2.51. The Kier molecular flexibility index (Phi) is 10.6. The van der Waals surface area contributed by atoms with E-state index in [9.17, 15) is 18.0 Å².